The SMILES string of the molecule is CCOc1ccc2nc(NC(=O)c3ccc(Cl)c(S(=O)(=O)N4CC(C)OC(C)C4)c3)sc2c1. The zero-order chi connectivity index (χ0) is 23.8. The topological polar surface area (TPSA) is 97.8 Å². The molecule has 0 bridgehead atoms. The number of aromatic nitrogens is 1. The number of amides is 1. The molecule has 1 aromatic heterocycles. The van der Waals surface area contributed by atoms with Gasteiger partial charge in [0.2, 0.25) is 10.0 Å². The molecule has 1 N–H and O–H groups in total. The molecule has 1 aliphatic rings. The van der Waals surface area contributed by atoms with Crippen LogP contribution in [0.5, 0.6) is 5.75 Å². The lowest BCUT2D eigenvalue weighted by atomic mass is 10.2. The maximum absolute atomic E-state index is 13.3. The summed E-state index contributed by atoms with van der Waals surface area (Å²) in [6.45, 7) is 6.53. The second kappa shape index (κ2) is 9.55. The first-order valence-electron chi connectivity index (χ1n) is 10.5. The van der Waals surface area contributed by atoms with Gasteiger partial charge in [-0.15, -0.1) is 0 Å². The van der Waals surface area contributed by atoms with E-state index in [9.17, 15) is 13.2 Å². The normalized spacial score (nSPS) is 19.5. The van der Waals surface area contributed by atoms with Crippen LogP contribution in [0.15, 0.2) is 41.3 Å². The van der Waals surface area contributed by atoms with Gasteiger partial charge in [-0.3, -0.25) is 10.1 Å². The zero-order valence-electron chi connectivity index (χ0n) is 18.4. The Hall–Kier alpha value is -2.24. The van der Waals surface area contributed by atoms with Crippen molar-refractivity contribution < 1.29 is 22.7 Å². The highest BCUT2D eigenvalue weighted by molar-refractivity contribution is 7.89. The van der Waals surface area contributed by atoms with Gasteiger partial charge in [0.05, 0.1) is 34.1 Å². The van der Waals surface area contributed by atoms with Crippen LogP contribution in [0.3, 0.4) is 0 Å². The maximum Gasteiger partial charge on any atom is 0.257 e. The Morgan fingerprint density at radius 2 is 1.97 bits per heavy atom. The summed E-state index contributed by atoms with van der Waals surface area (Å²) in [4.78, 5) is 17.2. The minimum absolute atomic E-state index is 0.0572. The van der Waals surface area contributed by atoms with Crippen molar-refractivity contribution in [2.45, 2.75) is 37.9 Å². The maximum atomic E-state index is 13.3. The van der Waals surface area contributed by atoms with Gasteiger partial charge in [0.15, 0.2) is 5.13 Å². The van der Waals surface area contributed by atoms with Crippen LogP contribution in [0.2, 0.25) is 5.02 Å². The van der Waals surface area contributed by atoms with Crippen LogP contribution in [0.1, 0.15) is 31.1 Å². The third kappa shape index (κ3) is 5.15. The Kier molecular flexibility index (Phi) is 6.92. The molecule has 2 heterocycles. The molecule has 0 saturated carbocycles. The molecule has 2 unspecified atom stereocenters. The van der Waals surface area contributed by atoms with E-state index in [1.807, 2.05) is 39.0 Å². The first-order valence-corrected chi connectivity index (χ1v) is 13.1. The highest BCUT2D eigenvalue weighted by atomic mass is 35.5. The Balaban J connectivity index is 1.58. The van der Waals surface area contributed by atoms with Crippen LogP contribution >= 0.6 is 22.9 Å². The monoisotopic (exact) mass is 509 g/mol. The van der Waals surface area contributed by atoms with E-state index in [0.29, 0.717) is 11.7 Å². The molecule has 3 aromatic rings. The number of nitrogens with zero attached hydrogens (tertiary/aromatic N) is 2. The summed E-state index contributed by atoms with van der Waals surface area (Å²) < 4.78 is 39.9. The number of carbonyl (C=O) groups is 1. The molecule has 11 heteroatoms. The molecule has 0 aliphatic carbocycles. The van der Waals surface area contributed by atoms with Gasteiger partial charge >= 0.3 is 0 Å². The number of hydrogen-bond acceptors (Lipinski definition) is 7. The Labute approximate surface area is 201 Å². The Morgan fingerprint density at radius 1 is 1.24 bits per heavy atom. The summed E-state index contributed by atoms with van der Waals surface area (Å²) in [6, 6.07) is 9.72. The van der Waals surface area contributed by atoms with Gasteiger partial charge in [-0.1, -0.05) is 22.9 Å². The Bertz CT molecular complexity index is 1280. The average Bonchev–Trinajstić information content (AvgIpc) is 3.15. The number of ether oxygens (including phenoxy) is 2. The van der Waals surface area contributed by atoms with Gasteiger partial charge in [0, 0.05) is 18.7 Å². The minimum atomic E-state index is -3.90. The molecule has 1 saturated heterocycles. The van der Waals surface area contributed by atoms with E-state index in [4.69, 9.17) is 21.1 Å². The molecule has 1 aliphatic heterocycles. The smallest absolute Gasteiger partial charge is 0.257 e. The quantitative estimate of drug-likeness (QED) is 0.529. The largest absolute Gasteiger partial charge is 0.494 e. The van der Waals surface area contributed by atoms with Crippen molar-refractivity contribution in [3.05, 3.63) is 47.0 Å². The second-order valence-electron chi connectivity index (χ2n) is 7.76. The number of hydrogen-bond donors (Lipinski definition) is 1. The van der Waals surface area contributed by atoms with E-state index in [-0.39, 0.29) is 40.8 Å². The van der Waals surface area contributed by atoms with Crippen molar-refractivity contribution in [2.24, 2.45) is 0 Å². The highest BCUT2D eigenvalue weighted by Gasteiger charge is 2.34. The standard InChI is InChI=1S/C22H24ClN3O5S2/c1-4-30-16-6-8-18-19(10-16)32-22(24-18)25-21(27)15-5-7-17(23)20(9-15)33(28,29)26-11-13(2)31-14(3)12-26/h5-10,13-14H,4,11-12H2,1-3H3,(H,24,25,27). The number of halogens is 1. The molecule has 33 heavy (non-hydrogen) atoms. The molecule has 4 rings (SSSR count). The van der Waals surface area contributed by atoms with E-state index < -0.39 is 15.9 Å². The van der Waals surface area contributed by atoms with Gasteiger partial charge in [-0.05, 0) is 57.2 Å². The number of morpholine rings is 1. The molecule has 1 fully saturated rings. The summed E-state index contributed by atoms with van der Waals surface area (Å²) in [5.74, 6) is 0.252. The van der Waals surface area contributed by atoms with Crippen LogP contribution in [-0.4, -0.2) is 55.5 Å². The molecular weight excluding hydrogens is 486 g/mol. The predicted molar refractivity (Wildman–Crippen MR) is 129 cm³/mol. The molecule has 0 radical (unpaired) electrons. The first kappa shape index (κ1) is 23.9. The van der Waals surface area contributed by atoms with Crippen molar-refractivity contribution in [3.63, 3.8) is 0 Å². The fourth-order valence-corrected chi connectivity index (χ4v) is 6.67. The van der Waals surface area contributed by atoms with E-state index in [2.05, 4.69) is 10.3 Å². The molecule has 0 spiro atoms. The highest BCUT2D eigenvalue weighted by Crippen LogP contribution is 2.31. The summed E-state index contributed by atoms with van der Waals surface area (Å²) in [7, 11) is -3.90. The van der Waals surface area contributed by atoms with Crippen molar-refractivity contribution in [3.8, 4) is 5.75 Å². The number of carbonyl (C=O) groups excluding carboxylic acids is 1. The van der Waals surface area contributed by atoms with E-state index in [1.165, 1.54) is 33.8 Å². The van der Waals surface area contributed by atoms with Crippen molar-refractivity contribution >= 4 is 54.2 Å². The fourth-order valence-electron chi connectivity index (χ4n) is 3.69. The van der Waals surface area contributed by atoms with Gasteiger partial charge in [0.1, 0.15) is 10.6 Å². The molecule has 8 nitrogen and oxygen atoms in total. The van der Waals surface area contributed by atoms with E-state index >= 15 is 0 Å². The predicted octanol–water partition coefficient (Wildman–Crippen LogP) is 4.40. The second-order valence-corrected chi connectivity index (χ2v) is 11.1. The van der Waals surface area contributed by atoms with Crippen LogP contribution in [0.4, 0.5) is 5.13 Å². The van der Waals surface area contributed by atoms with Crippen molar-refractivity contribution in [2.75, 3.05) is 25.0 Å². The summed E-state index contributed by atoms with van der Waals surface area (Å²) in [5.41, 5.74) is 0.898. The summed E-state index contributed by atoms with van der Waals surface area (Å²) in [6.07, 6.45) is -0.480. The minimum Gasteiger partial charge on any atom is -0.494 e. The van der Waals surface area contributed by atoms with Gasteiger partial charge < -0.3 is 9.47 Å². The lowest BCUT2D eigenvalue weighted by Gasteiger charge is -2.34. The Morgan fingerprint density at radius 3 is 2.67 bits per heavy atom. The van der Waals surface area contributed by atoms with E-state index in [0.717, 1.165) is 16.0 Å². The molecule has 2 atom stereocenters. The summed E-state index contributed by atoms with van der Waals surface area (Å²) >= 11 is 7.55. The lowest BCUT2D eigenvalue weighted by molar-refractivity contribution is -0.0440. The third-order valence-electron chi connectivity index (χ3n) is 5.09. The van der Waals surface area contributed by atoms with Crippen molar-refractivity contribution in [1.29, 1.82) is 0 Å². The molecule has 176 valence electrons. The third-order valence-corrected chi connectivity index (χ3v) is 8.34. The molecular formula is C22H24ClN3O5S2. The summed E-state index contributed by atoms with van der Waals surface area (Å²) in [5, 5.41) is 3.21. The molecule has 2 aromatic carbocycles. The van der Waals surface area contributed by atoms with Crippen molar-refractivity contribution in [1.82, 2.24) is 9.29 Å². The van der Waals surface area contributed by atoms with Gasteiger partial charge in [-0.25, -0.2) is 13.4 Å². The van der Waals surface area contributed by atoms with E-state index in [1.54, 1.807) is 0 Å². The fraction of sp³-hybridized carbons (Fsp3) is 0.364. The number of nitrogens with one attached hydrogen (secondary N) is 1. The van der Waals surface area contributed by atoms with Gasteiger partial charge in [0.25, 0.3) is 5.91 Å². The molecule has 1 amide bonds. The van der Waals surface area contributed by atoms with Crippen LogP contribution < -0.4 is 10.1 Å². The lowest BCUT2D eigenvalue weighted by Crippen LogP contribution is -2.48. The number of benzene rings is 2. The van der Waals surface area contributed by atoms with Crippen LogP contribution in [0.25, 0.3) is 10.2 Å². The number of anilines is 1. The zero-order valence-corrected chi connectivity index (χ0v) is 20.8. The number of fused-ring (bicyclic) bond motifs is 1. The number of rotatable bonds is 6. The number of sulfonamides is 1. The van der Waals surface area contributed by atoms with Crippen LogP contribution in [0, 0.1) is 0 Å². The van der Waals surface area contributed by atoms with Gasteiger partial charge in [-0.2, -0.15) is 4.31 Å². The number of thiazole rings is 1. The average molecular weight is 510 g/mol. The van der Waals surface area contributed by atoms with Crippen LogP contribution in [-0.2, 0) is 14.8 Å². The first-order chi connectivity index (χ1) is 15.7.